The first-order valence-electron chi connectivity index (χ1n) is 5.33. The van der Waals surface area contributed by atoms with E-state index in [4.69, 9.17) is 5.84 Å². The zero-order chi connectivity index (χ0) is 12.4. The first-order chi connectivity index (χ1) is 8.13. The Morgan fingerprint density at radius 1 is 1.47 bits per heavy atom. The van der Waals surface area contributed by atoms with Crippen molar-refractivity contribution in [2.45, 2.75) is 13.0 Å². The zero-order valence-corrected chi connectivity index (χ0v) is 11.4. The van der Waals surface area contributed by atoms with Gasteiger partial charge in [0.25, 0.3) is 0 Å². The van der Waals surface area contributed by atoms with Gasteiger partial charge in [-0.25, -0.2) is 10.4 Å². The number of hydrazine groups is 1. The topological polar surface area (TPSA) is 55.9 Å². The first-order valence-corrected chi connectivity index (χ1v) is 6.12. The number of aryl methyl sites for hydroxylation is 2. The summed E-state index contributed by atoms with van der Waals surface area (Å²) in [5, 5.41) is 0. The molecule has 0 fully saturated rings. The zero-order valence-electron chi connectivity index (χ0n) is 9.81. The lowest BCUT2D eigenvalue weighted by Gasteiger charge is -2.17. The summed E-state index contributed by atoms with van der Waals surface area (Å²) in [6.07, 6.45) is 3.67. The Kier molecular flexibility index (Phi) is 3.61. The van der Waals surface area contributed by atoms with Crippen LogP contribution < -0.4 is 11.3 Å². The Morgan fingerprint density at radius 2 is 2.24 bits per heavy atom. The van der Waals surface area contributed by atoms with Crippen molar-refractivity contribution in [3.05, 3.63) is 52.0 Å². The highest BCUT2D eigenvalue weighted by atomic mass is 79.9. The third-order valence-electron chi connectivity index (χ3n) is 2.81. The van der Waals surface area contributed by atoms with Gasteiger partial charge in [-0.2, -0.15) is 0 Å². The highest BCUT2D eigenvalue weighted by Crippen LogP contribution is 2.24. The van der Waals surface area contributed by atoms with Crippen molar-refractivity contribution in [3.8, 4) is 0 Å². The molecule has 0 saturated heterocycles. The number of hydrogen-bond acceptors (Lipinski definition) is 3. The summed E-state index contributed by atoms with van der Waals surface area (Å²) in [5.74, 6) is 6.53. The van der Waals surface area contributed by atoms with Crippen molar-refractivity contribution in [1.29, 1.82) is 0 Å². The first kappa shape index (κ1) is 12.3. The molecule has 1 atom stereocenters. The number of nitrogens with one attached hydrogen (secondary N) is 1. The number of aromatic nitrogens is 2. The van der Waals surface area contributed by atoms with Crippen LogP contribution >= 0.6 is 15.9 Å². The lowest BCUT2D eigenvalue weighted by molar-refractivity contribution is 0.579. The van der Waals surface area contributed by atoms with Crippen LogP contribution in [0.3, 0.4) is 0 Å². The van der Waals surface area contributed by atoms with Crippen molar-refractivity contribution < 1.29 is 0 Å². The standard InChI is InChI=1S/C12H15BrN4/c1-8-3-4-9(7-10(8)13)11(16-14)12-15-5-6-17(12)2/h3-7,11,16H,14H2,1-2H3. The molecule has 90 valence electrons. The molecule has 0 aliphatic carbocycles. The molecule has 0 bridgehead atoms. The minimum Gasteiger partial charge on any atom is -0.336 e. The van der Waals surface area contributed by atoms with Crippen LogP contribution in [-0.2, 0) is 7.05 Å². The minimum atomic E-state index is -0.105. The van der Waals surface area contributed by atoms with Gasteiger partial charge in [0.2, 0.25) is 0 Å². The van der Waals surface area contributed by atoms with E-state index in [9.17, 15) is 0 Å². The van der Waals surface area contributed by atoms with E-state index in [-0.39, 0.29) is 6.04 Å². The number of nitrogens with two attached hydrogens (primary N) is 1. The van der Waals surface area contributed by atoms with Crippen LogP contribution in [0.2, 0.25) is 0 Å². The van der Waals surface area contributed by atoms with Gasteiger partial charge in [0, 0.05) is 23.9 Å². The van der Waals surface area contributed by atoms with Crippen molar-refractivity contribution in [1.82, 2.24) is 15.0 Å². The molecule has 3 N–H and O–H groups in total. The summed E-state index contributed by atoms with van der Waals surface area (Å²) in [7, 11) is 1.95. The van der Waals surface area contributed by atoms with Gasteiger partial charge in [-0.3, -0.25) is 5.84 Å². The number of hydrogen-bond donors (Lipinski definition) is 2. The maximum absolute atomic E-state index is 5.63. The highest BCUT2D eigenvalue weighted by Gasteiger charge is 2.17. The van der Waals surface area contributed by atoms with Crippen molar-refractivity contribution in [2.75, 3.05) is 0 Å². The predicted molar refractivity (Wildman–Crippen MR) is 71.3 cm³/mol. The molecule has 0 aliphatic rings. The molecule has 17 heavy (non-hydrogen) atoms. The Bertz CT molecular complexity index is 521. The molecule has 0 spiro atoms. The second-order valence-electron chi connectivity index (χ2n) is 4.00. The molecule has 4 nitrogen and oxygen atoms in total. The Hall–Kier alpha value is -1.17. The summed E-state index contributed by atoms with van der Waals surface area (Å²) in [6, 6.07) is 6.08. The van der Waals surface area contributed by atoms with E-state index in [0.29, 0.717) is 0 Å². The summed E-state index contributed by atoms with van der Waals surface area (Å²) in [6.45, 7) is 2.06. The third kappa shape index (κ3) is 2.41. The number of nitrogens with zero attached hydrogens (tertiary/aromatic N) is 2. The molecule has 1 aromatic carbocycles. The van der Waals surface area contributed by atoms with Crippen molar-refractivity contribution in [3.63, 3.8) is 0 Å². The molecule has 1 unspecified atom stereocenters. The van der Waals surface area contributed by atoms with E-state index < -0.39 is 0 Å². The minimum absolute atomic E-state index is 0.105. The number of rotatable bonds is 3. The smallest absolute Gasteiger partial charge is 0.131 e. The summed E-state index contributed by atoms with van der Waals surface area (Å²) < 4.78 is 3.03. The van der Waals surface area contributed by atoms with E-state index in [0.717, 1.165) is 15.9 Å². The van der Waals surface area contributed by atoms with E-state index >= 15 is 0 Å². The Morgan fingerprint density at radius 3 is 2.76 bits per heavy atom. The molecule has 0 saturated carbocycles. The number of imidazole rings is 1. The summed E-state index contributed by atoms with van der Waals surface area (Å²) >= 11 is 3.53. The lowest BCUT2D eigenvalue weighted by Crippen LogP contribution is -2.30. The van der Waals surface area contributed by atoms with E-state index in [1.165, 1.54) is 5.56 Å². The highest BCUT2D eigenvalue weighted by molar-refractivity contribution is 9.10. The molecule has 1 aromatic heterocycles. The van der Waals surface area contributed by atoms with E-state index in [1.54, 1.807) is 6.20 Å². The van der Waals surface area contributed by atoms with E-state index in [2.05, 4.69) is 51.5 Å². The Labute approximate surface area is 109 Å². The fourth-order valence-corrected chi connectivity index (χ4v) is 2.16. The molecule has 5 heteroatoms. The van der Waals surface area contributed by atoms with Gasteiger partial charge in [0.15, 0.2) is 0 Å². The largest absolute Gasteiger partial charge is 0.336 e. The molecule has 1 heterocycles. The van der Waals surface area contributed by atoms with Gasteiger partial charge in [0.05, 0.1) is 0 Å². The number of halogens is 1. The van der Waals surface area contributed by atoms with Crippen LogP contribution in [-0.4, -0.2) is 9.55 Å². The fraction of sp³-hybridized carbons (Fsp3) is 0.250. The molecule has 0 aliphatic heterocycles. The van der Waals surface area contributed by atoms with Gasteiger partial charge in [-0.05, 0) is 24.1 Å². The SMILES string of the molecule is Cc1ccc(C(NN)c2nccn2C)cc1Br. The predicted octanol–water partition coefficient (Wildman–Crippen LogP) is 2.04. The second-order valence-corrected chi connectivity index (χ2v) is 4.86. The summed E-state index contributed by atoms with van der Waals surface area (Å²) in [5.41, 5.74) is 5.09. The fourth-order valence-electron chi connectivity index (χ4n) is 1.76. The van der Waals surface area contributed by atoms with Crippen LogP contribution in [0.25, 0.3) is 0 Å². The van der Waals surface area contributed by atoms with Gasteiger partial charge in [0.1, 0.15) is 11.9 Å². The molecular formula is C12H15BrN4. The maximum Gasteiger partial charge on any atom is 0.131 e. The monoisotopic (exact) mass is 294 g/mol. The Balaban J connectivity index is 2.42. The maximum atomic E-state index is 5.63. The van der Waals surface area contributed by atoms with Gasteiger partial charge in [-0.1, -0.05) is 28.1 Å². The quantitative estimate of drug-likeness (QED) is 0.673. The van der Waals surface area contributed by atoms with E-state index in [1.807, 2.05) is 17.8 Å². The second kappa shape index (κ2) is 5.00. The van der Waals surface area contributed by atoms with Crippen LogP contribution in [0.15, 0.2) is 35.1 Å². The lowest BCUT2D eigenvalue weighted by atomic mass is 10.1. The average molecular weight is 295 g/mol. The normalized spacial score (nSPS) is 12.7. The van der Waals surface area contributed by atoms with Crippen LogP contribution in [0.4, 0.5) is 0 Å². The van der Waals surface area contributed by atoms with Gasteiger partial charge in [-0.15, -0.1) is 0 Å². The van der Waals surface area contributed by atoms with Gasteiger partial charge >= 0.3 is 0 Å². The van der Waals surface area contributed by atoms with Crippen molar-refractivity contribution in [2.24, 2.45) is 12.9 Å². The summed E-state index contributed by atoms with van der Waals surface area (Å²) in [4.78, 5) is 4.32. The third-order valence-corrected chi connectivity index (χ3v) is 3.67. The molecule has 2 aromatic rings. The molecular weight excluding hydrogens is 280 g/mol. The molecule has 2 rings (SSSR count). The van der Waals surface area contributed by atoms with Crippen LogP contribution in [0.5, 0.6) is 0 Å². The van der Waals surface area contributed by atoms with Crippen molar-refractivity contribution >= 4 is 15.9 Å². The average Bonchev–Trinajstić information content (AvgIpc) is 2.71. The molecule has 0 radical (unpaired) electrons. The molecule has 0 amide bonds. The van der Waals surface area contributed by atoms with Crippen LogP contribution in [0, 0.1) is 6.92 Å². The number of benzene rings is 1. The van der Waals surface area contributed by atoms with Gasteiger partial charge < -0.3 is 4.57 Å². The van der Waals surface area contributed by atoms with Crippen LogP contribution in [0.1, 0.15) is 23.0 Å².